The normalized spacial score (nSPS) is 17.5. The maximum Gasteiger partial charge on any atom is 0.0774 e. The predicted octanol–water partition coefficient (Wildman–Crippen LogP) is 2.39. The molecule has 0 bridgehead atoms. The Labute approximate surface area is 83.3 Å². The quantitative estimate of drug-likeness (QED) is 0.670. The summed E-state index contributed by atoms with van der Waals surface area (Å²) >= 11 is 0. The molecule has 0 aromatic heterocycles. The first-order chi connectivity index (χ1) is 5.84. The van der Waals surface area contributed by atoms with Crippen LogP contribution < -0.4 is 0 Å². The average Bonchev–Trinajstić information content (AvgIpc) is 1.96. The molecule has 0 amide bonds. The molecule has 1 unspecified atom stereocenters. The Bertz CT molecular complexity index is 138. The fraction of sp³-hybridized carbons (Fsp3) is 1.00. The van der Waals surface area contributed by atoms with Gasteiger partial charge in [0.15, 0.2) is 0 Å². The van der Waals surface area contributed by atoms with E-state index in [9.17, 15) is 0 Å². The molecule has 0 spiro atoms. The van der Waals surface area contributed by atoms with Crippen LogP contribution in [0.25, 0.3) is 0 Å². The summed E-state index contributed by atoms with van der Waals surface area (Å²) in [4.78, 5) is 2.25. The van der Waals surface area contributed by atoms with Gasteiger partial charge in [-0.05, 0) is 25.9 Å². The maximum atomic E-state index is 5.59. The lowest BCUT2D eigenvalue weighted by Crippen LogP contribution is -2.46. The fourth-order valence-electron chi connectivity index (χ4n) is 1.94. The summed E-state index contributed by atoms with van der Waals surface area (Å²) in [6.07, 6.45) is 1.43. The third kappa shape index (κ3) is 3.65. The van der Waals surface area contributed by atoms with Crippen LogP contribution in [-0.2, 0) is 4.74 Å². The van der Waals surface area contributed by atoms with Crippen LogP contribution in [0.15, 0.2) is 0 Å². The molecule has 0 N–H and O–H groups in total. The van der Waals surface area contributed by atoms with E-state index in [4.69, 9.17) is 4.74 Å². The number of hydrogen-bond donors (Lipinski definition) is 0. The monoisotopic (exact) mass is 187 g/mol. The lowest BCUT2D eigenvalue weighted by molar-refractivity contribution is -0.0384. The molecular weight excluding hydrogens is 162 g/mol. The fourth-order valence-corrected chi connectivity index (χ4v) is 1.94. The largest absolute Gasteiger partial charge is 0.379 e. The highest BCUT2D eigenvalue weighted by Crippen LogP contribution is 2.27. The van der Waals surface area contributed by atoms with E-state index in [1.54, 1.807) is 0 Å². The molecule has 2 nitrogen and oxygen atoms in total. The van der Waals surface area contributed by atoms with Gasteiger partial charge in [0.1, 0.15) is 0 Å². The third-order valence-electron chi connectivity index (χ3n) is 2.54. The van der Waals surface area contributed by atoms with Crippen LogP contribution >= 0.6 is 0 Å². The molecule has 80 valence electrons. The molecule has 0 aromatic carbocycles. The second-order valence-electron chi connectivity index (χ2n) is 4.96. The Morgan fingerprint density at radius 2 is 1.69 bits per heavy atom. The number of likely N-dealkylation sites (N-methyl/N-ethyl adjacent to an activating group) is 1. The van der Waals surface area contributed by atoms with Crippen LogP contribution in [-0.4, -0.2) is 38.3 Å². The van der Waals surface area contributed by atoms with Gasteiger partial charge in [0.2, 0.25) is 0 Å². The number of hydrogen-bond acceptors (Lipinski definition) is 2. The van der Waals surface area contributed by atoms with Crippen molar-refractivity contribution in [3.8, 4) is 0 Å². The first-order valence-electron chi connectivity index (χ1n) is 5.03. The van der Waals surface area contributed by atoms with Crippen molar-refractivity contribution < 1.29 is 4.74 Å². The minimum absolute atomic E-state index is 0.208. The molecule has 0 aromatic rings. The van der Waals surface area contributed by atoms with E-state index in [1.165, 1.54) is 0 Å². The van der Waals surface area contributed by atoms with E-state index in [1.807, 2.05) is 7.11 Å². The molecule has 0 aliphatic rings. The van der Waals surface area contributed by atoms with Crippen LogP contribution in [0.5, 0.6) is 0 Å². The predicted molar refractivity (Wildman–Crippen MR) is 58.0 cm³/mol. The van der Waals surface area contributed by atoms with Gasteiger partial charge in [-0.25, -0.2) is 0 Å². The summed E-state index contributed by atoms with van der Waals surface area (Å²) in [5.41, 5.74) is 0.208. The maximum absolute atomic E-state index is 5.59. The van der Waals surface area contributed by atoms with E-state index in [-0.39, 0.29) is 5.41 Å². The van der Waals surface area contributed by atoms with E-state index in [2.05, 4.69) is 46.7 Å². The Hall–Kier alpha value is -0.0800. The highest BCUT2D eigenvalue weighted by Gasteiger charge is 2.32. The summed E-state index contributed by atoms with van der Waals surface area (Å²) < 4.78 is 5.59. The zero-order valence-electron chi connectivity index (χ0n) is 10.2. The minimum Gasteiger partial charge on any atom is -0.379 e. The minimum atomic E-state index is 0.208. The first kappa shape index (κ1) is 12.9. The van der Waals surface area contributed by atoms with Crippen LogP contribution in [0.3, 0.4) is 0 Å². The zero-order valence-corrected chi connectivity index (χ0v) is 10.2. The molecule has 0 heterocycles. The van der Waals surface area contributed by atoms with Crippen molar-refractivity contribution in [3.05, 3.63) is 0 Å². The zero-order chi connectivity index (χ0) is 10.6. The van der Waals surface area contributed by atoms with Gasteiger partial charge in [-0.15, -0.1) is 0 Å². The van der Waals surface area contributed by atoms with Gasteiger partial charge in [-0.3, -0.25) is 0 Å². The van der Waals surface area contributed by atoms with Crippen molar-refractivity contribution in [3.63, 3.8) is 0 Å². The van der Waals surface area contributed by atoms with E-state index >= 15 is 0 Å². The number of nitrogens with zero attached hydrogens (tertiary/aromatic N) is 1. The summed E-state index contributed by atoms with van der Waals surface area (Å²) in [5, 5.41) is 0. The summed E-state index contributed by atoms with van der Waals surface area (Å²) in [6, 6.07) is 0.505. The standard InChI is InChI=1S/C11H25NO/c1-8-9(12(5)6)10(13-7)11(2,3)4/h9-10H,8H2,1-7H3/t9-,10?/m1/s1. The molecular formula is C11H25NO. The Morgan fingerprint density at radius 1 is 1.23 bits per heavy atom. The van der Waals surface area contributed by atoms with Crippen molar-refractivity contribution in [1.82, 2.24) is 4.90 Å². The molecule has 0 radical (unpaired) electrons. The Balaban J connectivity index is 4.53. The highest BCUT2D eigenvalue weighted by atomic mass is 16.5. The van der Waals surface area contributed by atoms with Gasteiger partial charge in [0.05, 0.1) is 6.10 Å². The lowest BCUT2D eigenvalue weighted by atomic mass is 9.83. The summed E-state index contributed by atoms with van der Waals surface area (Å²) in [7, 11) is 6.04. The highest BCUT2D eigenvalue weighted by molar-refractivity contribution is 4.85. The van der Waals surface area contributed by atoms with Crippen LogP contribution in [0.1, 0.15) is 34.1 Å². The summed E-state index contributed by atoms with van der Waals surface area (Å²) in [6.45, 7) is 8.90. The van der Waals surface area contributed by atoms with Crippen molar-refractivity contribution in [1.29, 1.82) is 0 Å². The molecule has 0 fully saturated rings. The van der Waals surface area contributed by atoms with Gasteiger partial charge >= 0.3 is 0 Å². The molecule has 2 atom stereocenters. The molecule has 0 saturated heterocycles. The third-order valence-corrected chi connectivity index (χ3v) is 2.54. The number of ether oxygens (including phenoxy) is 1. The van der Waals surface area contributed by atoms with Gasteiger partial charge < -0.3 is 9.64 Å². The topological polar surface area (TPSA) is 12.5 Å². The van der Waals surface area contributed by atoms with E-state index in [0.29, 0.717) is 12.1 Å². The van der Waals surface area contributed by atoms with Crippen molar-refractivity contribution >= 4 is 0 Å². The van der Waals surface area contributed by atoms with Crippen molar-refractivity contribution in [2.75, 3.05) is 21.2 Å². The molecule has 0 rings (SSSR count). The van der Waals surface area contributed by atoms with Gasteiger partial charge in [0.25, 0.3) is 0 Å². The Kier molecular flexibility index (Phi) is 4.93. The van der Waals surface area contributed by atoms with Gasteiger partial charge in [-0.2, -0.15) is 0 Å². The van der Waals surface area contributed by atoms with E-state index < -0.39 is 0 Å². The smallest absolute Gasteiger partial charge is 0.0774 e. The molecule has 13 heavy (non-hydrogen) atoms. The molecule has 0 aliphatic heterocycles. The lowest BCUT2D eigenvalue weighted by Gasteiger charge is -2.38. The second-order valence-corrected chi connectivity index (χ2v) is 4.96. The number of methoxy groups -OCH3 is 1. The SMILES string of the molecule is CC[C@H](C(OC)C(C)(C)C)N(C)C. The molecule has 0 saturated carbocycles. The second kappa shape index (κ2) is 4.97. The van der Waals surface area contributed by atoms with Crippen LogP contribution in [0, 0.1) is 5.41 Å². The van der Waals surface area contributed by atoms with Crippen LogP contribution in [0.4, 0.5) is 0 Å². The Morgan fingerprint density at radius 3 is 1.77 bits per heavy atom. The van der Waals surface area contributed by atoms with Gasteiger partial charge in [-0.1, -0.05) is 27.7 Å². The van der Waals surface area contributed by atoms with Crippen molar-refractivity contribution in [2.45, 2.75) is 46.3 Å². The van der Waals surface area contributed by atoms with Gasteiger partial charge in [0, 0.05) is 13.2 Å². The summed E-state index contributed by atoms with van der Waals surface area (Å²) in [5.74, 6) is 0. The average molecular weight is 187 g/mol. The van der Waals surface area contributed by atoms with Crippen LogP contribution in [0.2, 0.25) is 0 Å². The molecule has 2 heteroatoms. The van der Waals surface area contributed by atoms with Crippen molar-refractivity contribution in [2.24, 2.45) is 5.41 Å². The number of rotatable bonds is 4. The first-order valence-corrected chi connectivity index (χ1v) is 5.03. The molecule has 0 aliphatic carbocycles. The van der Waals surface area contributed by atoms with E-state index in [0.717, 1.165) is 6.42 Å².